The molecule has 0 saturated carbocycles. The summed E-state index contributed by atoms with van der Waals surface area (Å²) in [6, 6.07) is 12.2. The van der Waals surface area contributed by atoms with E-state index in [1.807, 2.05) is 37.4 Å². The molecule has 17 heavy (non-hydrogen) atoms. The Kier molecular flexibility index (Phi) is 3.73. The van der Waals surface area contributed by atoms with Gasteiger partial charge in [-0.1, -0.05) is 24.3 Å². The van der Waals surface area contributed by atoms with Crippen molar-refractivity contribution in [3.05, 3.63) is 59.4 Å². The average molecular weight is 227 g/mol. The predicted molar refractivity (Wildman–Crippen MR) is 70.6 cm³/mol. The summed E-state index contributed by atoms with van der Waals surface area (Å²) >= 11 is 0. The van der Waals surface area contributed by atoms with Gasteiger partial charge in [-0.15, -0.1) is 0 Å². The number of pyridine rings is 1. The summed E-state index contributed by atoms with van der Waals surface area (Å²) in [5.41, 5.74) is 10.2. The molecule has 88 valence electrons. The van der Waals surface area contributed by atoms with Crippen LogP contribution in [0.4, 0.5) is 5.69 Å². The monoisotopic (exact) mass is 227 g/mol. The normalized spacial score (nSPS) is 10.2. The van der Waals surface area contributed by atoms with Crippen molar-refractivity contribution >= 4 is 5.69 Å². The van der Waals surface area contributed by atoms with Crippen LogP contribution in [0.1, 0.15) is 16.8 Å². The molecule has 0 aliphatic carbocycles. The lowest BCUT2D eigenvalue weighted by Crippen LogP contribution is -2.06. The second-order valence-corrected chi connectivity index (χ2v) is 4.01. The first kappa shape index (κ1) is 11.6. The molecule has 0 radical (unpaired) electrons. The van der Waals surface area contributed by atoms with E-state index in [0.29, 0.717) is 6.54 Å². The van der Waals surface area contributed by atoms with Crippen molar-refractivity contribution < 1.29 is 0 Å². The van der Waals surface area contributed by atoms with Crippen molar-refractivity contribution in [2.24, 2.45) is 5.73 Å². The molecular weight excluding hydrogens is 210 g/mol. The van der Waals surface area contributed by atoms with E-state index in [1.54, 1.807) is 0 Å². The average Bonchev–Trinajstić information content (AvgIpc) is 2.37. The van der Waals surface area contributed by atoms with E-state index in [9.17, 15) is 0 Å². The maximum atomic E-state index is 5.71. The maximum Gasteiger partial charge on any atom is 0.0404 e. The van der Waals surface area contributed by atoms with Crippen LogP contribution in [0.5, 0.6) is 0 Å². The van der Waals surface area contributed by atoms with Crippen molar-refractivity contribution in [1.29, 1.82) is 0 Å². The van der Waals surface area contributed by atoms with E-state index < -0.39 is 0 Å². The van der Waals surface area contributed by atoms with E-state index >= 15 is 0 Å². The Morgan fingerprint density at radius 2 is 1.94 bits per heavy atom. The summed E-state index contributed by atoms with van der Waals surface area (Å²) in [7, 11) is 0. The molecule has 1 aromatic heterocycles. The molecule has 1 aromatic carbocycles. The highest BCUT2D eigenvalue weighted by Gasteiger charge is 1.99. The summed E-state index contributed by atoms with van der Waals surface area (Å²) in [6.07, 6.45) is 1.81. The highest BCUT2D eigenvalue weighted by Crippen LogP contribution is 2.12. The van der Waals surface area contributed by atoms with Gasteiger partial charge < -0.3 is 11.1 Å². The van der Waals surface area contributed by atoms with Gasteiger partial charge in [-0.2, -0.15) is 0 Å². The first-order valence-corrected chi connectivity index (χ1v) is 5.73. The Hall–Kier alpha value is -1.87. The summed E-state index contributed by atoms with van der Waals surface area (Å²) in [4.78, 5) is 4.17. The molecule has 0 unspecified atom stereocenters. The Morgan fingerprint density at radius 3 is 2.65 bits per heavy atom. The molecule has 3 N–H and O–H groups in total. The molecule has 3 nitrogen and oxygen atoms in total. The van der Waals surface area contributed by atoms with Crippen molar-refractivity contribution in [1.82, 2.24) is 4.98 Å². The van der Waals surface area contributed by atoms with E-state index in [0.717, 1.165) is 17.9 Å². The molecule has 2 rings (SSSR count). The summed E-state index contributed by atoms with van der Waals surface area (Å²) in [5, 5.41) is 3.38. The van der Waals surface area contributed by atoms with Gasteiger partial charge >= 0.3 is 0 Å². The van der Waals surface area contributed by atoms with E-state index in [1.165, 1.54) is 11.1 Å². The zero-order chi connectivity index (χ0) is 12.1. The first-order chi connectivity index (χ1) is 8.29. The van der Waals surface area contributed by atoms with Crippen molar-refractivity contribution in [2.75, 3.05) is 5.32 Å². The van der Waals surface area contributed by atoms with E-state index in [4.69, 9.17) is 5.73 Å². The predicted octanol–water partition coefficient (Wildman–Crippen LogP) is 2.46. The molecule has 1 heterocycles. The van der Waals surface area contributed by atoms with Crippen LogP contribution in [-0.2, 0) is 13.1 Å². The number of benzene rings is 1. The molecule has 0 aliphatic rings. The Balaban J connectivity index is 2.07. The van der Waals surface area contributed by atoms with Crippen molar-refractivity contribution in [2.45, 2.75) is 20.0 Å². The highest BCUT2D eigenvalue weighted by atomic mass is 14.9. The minimum absolute atomic E-state index is 0.577. The van der Waals surface area contributed by atoms with Crippen molar-refractivity contribution in [3.63, 3.8) is 0 Å². The smallest absolute Gasteiger partial charge is 0.0404 e. The summed E-state index contributed by atoms with van der Waals surface area (Å²) in [6.45, 7) is 3.35. The number of aryl methyl sites for hydroxylation is 1. The van der Waals surface area contributed by atoms with Crippen molar-refractivity contribution in [3.8, 4) is 0 Å². The number of nitrogens with zero attached hydrogens (tertiary/aromatic N) is 1. The lowest BCUT2D eigenvalue weighted by molar-refractivity contribution is 1.01. The minimum Gasteiger partial charge on any atom is -0.381 e. The van der Waals surface area contributed by atoms with Gasteiger partial charge in [0.15, 0.2) is 0 Å². The lowest BCUT2D eigenvalue weighted by Gasteiger charge is -2.10. The van der Waals surface area contributed by atoms with Gasteiger partial charge in [0.1, 0.15) is 0 Å². The quantitative estimate of drug-likeness (QED) is 0.843. The fraction of sp³-hybridized carbons (Fsp3) is 0.214. The minimum atomic E-state index is 0.577. The molecule has 3 heteroatoms. The number of hydrogen-bond acceptors (Lipinski definition) is 3. The number of aromatic nitrogens is 1. The SMILES string of the molecule is Cc1cc(NCc2ccccc2CN)ccn1. The molecule has 0 amide bonds. The van der Waals surface area contributed by atoms with Gasteiger partial charge in [0.25, 0.3) is 0 Å². The molecule has 0 spiro atoms. The summed E-state index contributed by atoms with van der Waals surface area (Å²) < 4.78 is 0. The topological polar surface area (TPSA) is 50.9 Å². The summed E-state index contributed by atoms with van der Waals surface area (Å²) in [5.74, 6) is 0. The van der Waals surface area contributed by atoms with Gasteiger partial charge in [-0.25, -0.2) is 0 Å². The zero-order valence-electron chi connectivity index (χ0n) is 9.98. The molecule has 0 atom stereocenters. The largest absolute Gasteiger partial charge is 0.381 e. The number of hydrogen-bond donors (Lipinski definition) is 2. The zero-order valence-corrected chi connectivity index (χ0v) is 9.98. The van der Waals surface area contributed by atoms with Gasteiger partial charge in [-0.3, -0.25) is 4.98 Å². The Bertz CT molecular complexity index is 494. The second-order valence-electron chi connectivity index (χ2n) is 4.01. The Labute approximate surface area is 102 Å². The highest BCUT2D eigenvalue weighted by molar-refractivity contribution is 5.44. The van der Waals surface area contributed by atoms with Gasteiger partial charge in [0, 0.05) is 30.7 Å². The van der Waals surface area contributed by atoms with Gasteiger partial charge in [0.05, 0.1) is 0 Å². The van der Waals surface area contributed by atoms with Crippen LogP contribution < -0.4 is 11.1 Å². The van der Waals surface area contributed by atoms with E-state index in [2.05, 4.69) is 22.4 Å². The maximum absolute atomic E-state index is 5.71. The van der Waals surface area contributed by atoms with Crippen LogP contribution >= 0.6 is 0 Å². The van der Waals surface area contributed by atoms with E-state index in [-0.39, 0.29) is 0 Å². The fourth-order valence-electron chi connectivity index (χ4n) is 1.78. The lowest BCUT2D eigenvalue weighted by atomic mass is 10.1. The number of nitrogens with two attached hydrogens (primary N) is 1. The second kappa shape index (κ2) is 5.46. The van der Waals surface area contributed by atoms with Crippen LogP contribution in [0.15, 0.2) is 42.6 Å². The molecular formula is C14H17N3. The molecule has 0 aliphatic heterocycles. The van der Waals surface area contributed by atoms with Gasteiger partial charge in [-0.05, 0) is 30.2 Å². The Morgan fingerprint density at radius 1 is 1.18 bits per heavy atom. The standard InChI is InChI=1S/C14H17N3/c1-11-8-14(6-7-16-11)17-10-13-5-3-2-4-12(13)9-15/h2-8H,9-10,15H2,1H3,(H,16,17). The number of rotatable bonds is 4. The number of nitrogens with one attached hydrogen (secondary N) is 1. The first-order valence-electron chi connectivity index (χ1n) is 5.73. The van der Waals surface area contributed by atoms with Crippen LogP contribution in [-0.4, -0.2) is 4.98 Å². The van der Waals surface area contributed by atoms with Crippen LogP contribution in [0.25, 0.3) is 0 Å². The third kappa shape index (κ3) is 3.04. The van der Waals surface area contributed by atoms with Gasteiger partial charge in [0.2, 0.25) is 0 Å². The molecule has 2 aromatic rings. The third-order valence-electron chi connectivity index (χ3n) is 2.72. The third-order valence-corrected chi connectivity index (χ3v) is 2.72. The van der Waals surface area contributed by atoms with Crippen LogP contribution in [0, 0.1) is 6.92 Å². The number of anilines is 1. The molecule has 0 fully saturated rings. The van der Waals surface area contributed by atoms with Crippen LogP contribution in [0.3, 0.4) is 0 Å². The fourth-order valence-corrected chi connectivity index (χ4v) is 1.78. The molecule has 0 bridgehead atoms. The molecule has 0 saturated heterocycles. The van der Waals surface area contributed by atoms with Crippen LogP contribution in [0.2, 0.25) is 0 Å².